The number of carbonyl (C=O) groups is 1. The normalized spacial score (nSPS) is 14.7. The van der Waals surface area contributed by atoms with Crippen LogP contribution < -0.4 is 18.9 Å². The van der Waals surface area contributed by atoms with Crippen molar-refractivity contribution in [2.24, 2.45) is 0 Å². The Morgan fingerprint density at radius 3 is 1.07 bits per heavy atom. The first-order chi connectivity index (χ1) is 28.4. The van der Waals surface area contributed by atoms with Gasteiger partial charge in [-0.3, -0.25) is 4.79 Å². The SMILES string of the molecule is CCCOc1c2cc(C(C)(C)C)cc1C1(Cc3cc(C(C)(C)C)cc1c3OCCC)c1cc(C(C)(C)C)cc(c1OCCC)Cc1cc(C(C)(C)C)cc(c1OCC(C)=O)C2. The van der Waals surface area contributed by atoms with E-state index in [1.807, 2.05) is 0 Å². The highest BCUT2D eigenvalue weighted by Crippen LogP contribution is 2.60. The third kappa shape index (κ3) is 9.28. The van der Waals surface area contributed by atoms with Gasteiger partial charge in [0.15, 0.2) is 5.78 Å². The van der Waals surface area contributed by atoms with Gasteiger partial charge in [-0.25, -0.2) is 0 Å². The molecule has 0 unspecified atom stereocenters. The van der Waals surface area contributed by atoms with Crippen LogP contribution in [-0.4, -0.2) is 32.2 Å². The predicted molar refractivity (Wildman–Crippen MR) is 253 cm³/mol. The molecule has 330 valence electrons. The van der Waals surface area contributed by atoms with Crippen LogP contribution in [0, 0.1) is 0 Å². The van der Waals surface area contributed by atoms with Crippen molar-refractivity contribution in [1.29, 1.82) is 0 Å². The Morgan fingerprint density at radius 2 is 0.754 bits per heavy atom. The summed E-state index contributed by atoms with van der Waals surface area (Å²) in [4.78, 5) is 12.7. The molecule has 5 nitrogen and oxygen atoms in total. The molecule has 0 fully saturated rings. The number of ketones is 1. The molecule has 0 amide bonds. The summed E-state index contributed by atoms with van der Waals surface area (Å²) < 4.78 is 28.1. The van der Waals surface area contributed by atoms with E-state index in [0.29, 0.717) is 32.7 Å². The number of carbonyl (C=O) groups excluding carboxylic acids is 1. The van der Waals surface area contributed by atoms with Crippen molar-refractivity contribution in [2.45, 2.75) is 176 Å². The van der Waals surface area contributed by atoms with E-state index in [9.17, 15) is 4.79 Å². The van der Waals surface area contributed by atoms with Crippen molar-refractivity contribution >= 4 is 5.78 Å². The third-order valence-electron chi connectivity index (χ3n) is 12.6. The molecule has 0 aliphatic heterocycles. The van der Waals surface area contributed by atoms with Gasteiger partial charge in [0.25, 0.3) is 0 Å². The quantitative estimate of drug-likeness (QED) is 0.142. The van der Waals surface area contributed by atoms with Crippen LogP contribution in [0.3, 0.4) is 0 Å². The average Bonchev–Trinajstić information content (AvgIpc) is 3.32. The molecular formula is C56H76O5. The van der Waals surface area contributed by atoms with Gasteiger partial charge in [-0.05, 0) is 104 Å². The summed E-state index contributed by atoms with van der Waals surface area (Å²) in [6, 6.07) is 19.2. The number of ether oxygens (including phenoxy) is 4. The van der Waals surface area contributed by atoms with Crippen LogP contribution in [-0.2, 0) is 51.1 Å². The zero-order valence-electron chi connectivity index (χ0n) is 40.7. The first kappa shape index (κ1) is 46.3. The van der Waals surface area contributed by atoms with Crippen LogP contribution in [0.15, 0.2) is 48.5 Å². The van der Waals surface area contributed by atoms with Gasteiger partial charge >= 0.3 is 0 Å². The van der Waals surface area contributed by atoms with Gasteiger partial charge < -0.3 is 18.9 Å². The molecular weight excluding hydrogens is 753 g/mol. The van der Waals surface area contributed by atoms with E-state index in [1.54, 1.807) is 6.92 Å². The monoisotopic (exact) mass is 829 g/mol. The molecule has 0 heterocycles. The number of benzene rings is 4. The number of Topliss-reactive ketones (excluding diaryl/α,β-unsaturated/α-hetero) is 1. The van der Waals surface area contributed by atoms with E-state index in [4.69, 9.17) is 18.9 Å². The Labute approximate surface area is 369 Å². The van der Waals surface area contributed by atoms with Gasteiger partial charge in [-0.2, -0.15) is 0 Å². The number of hydrogen-bond donors (Lipinski definition) is 0. The molecule has 4 aromatic rings. The number of fused-ring (bicyclic) bond motifs is 11. The fraction of sp³-hybridized carbons (Fsp3) is 0.554. The average molecular weight is 829 g/mol. The molecule has 0 atom stereocenters. The Hall–Kier alpha value is -4.25. The standard InChI is InChI=1S/C56H76O5/c1-17-20-58-49-38-23-36-25-41(52(5,6)7)26-37(48(36)61-34-35(4)57)24-39-28-43(54(11,12)13)31-46(50(39)59-21-18-2)56(45(49)30-42(27-38)53(8,9)10)33-40-29-44(55(14,15)16)32-47(56)51(40)60-22-19-3/h25-32H,17-24,33-34H2,1-16H3. The molecule has 0 radical (unpaired) electrons. The van der Waals surface area contributed by atoms with Gasteiger partial charge in [0.1, 0.15) is 29.6 Å². The maximum atomic E-state index is 12.7. The lowest BCUT2D eigenvalue weighted by atomic mass is 9.65. The zero-order valence-corrected chi connectivity index (χ0v) is 40.7. The summed E-state index contributed by atoms with van der Waals surface area (Å²) in [7, 11) is 0. The molecule has 61 heavy (non-hydrogen) atoms. The van der Waals surface area contributed by atoms with Gasteiger partial charge in [0.05, 0.1) is 25.2 Å². The maximum Gasteiger partial charge on any atom is 0.167 e. The highest BCUT2D eigenvalue weighted by molar-refractivity contribution is 5.77. The van der Waals surface area contributed by atoms with E-state index in [-0.39, 0.29) is 34.1 Å². The Kier molecular flexibility index (Phi) is 13.0. The maximum absolute atomic E-state index is 12.7. The lowest BCUT2D eigenvalue weighted by Crippen LogP contribution is -2.33. The number of rotatable bonds is 12. The minimum Gasteiger partial charge on any atom is -0.493 e. The van der Waals surface area contributed by atoms with E-state index in [2.05, 4.69) is 152 Å². The van der Waals surface area contributed by atoms with Crippen molar-refractivity contribution in [3.05, 3.63) is 115 Å². The topological polar surface area (TPSA) is 54.0 Å². The molecule has 1 spiro atoms. The van der Waals surface area contributed by atoms with E-state index >= 15 is 0 Å². The largest absolute Gasteiger partial charge is 0.493 e. The number of hydrogen-bond acceptors (Lipinski definition) is 5. The molecule has 0 N–H and O–H groups in total. The molecule has 2 aliphatic rings. The Balaban J connectivity index is 1.93. The highest BCUT2D eigenvalue weighted by atomic mass is 16.5. The first-order valence-electron chi connectivity index (χ1n) is 23.1. The molecule has 4 aromatic carbocycles. The van der Waals surface area contributed by atoms with Crippen molar-refractivity contribution in [1.82, 2.24) is 0 Å². The molecule has 0 saturated carbocycles. The summed E-state index contributed by atoms with van der Waals surface area (Å²) in [5.41, 5.74) is 12.8. The third-order valence-corrected chi connectivity index (χ3v) is 12.6. The van der Waals surface area contributed by atoms with Crippen LogP contribution in [0.2, 0.25) is 0 Å². The van der Waals surface area contributed by atoms with E-state index in [0.717, 1.165) is 82.1 Å². The second-order valence-electron chi connectivity index (χ2n) is 22.1. The van der Waals surface area contributed by atoms with Crippen molar-refractivity contribution in [3.63, 3.8) is 0 Å². The van der Waals surface area contributed by atoms with Gasteiger partial charge in [-0.1, -0.05) is 152 Å². The molecule has 0 aromatic heterocycles. The van der Waals surface area contributed by atoms with Gasteiger partial charge in [0, 0.05) is 29.5 Å². The van der Waals surface area contributed by atoms with Gasteiger partial charge in [-0.15, -0.1) is 0 Å². The Morgan fingerprint density at radius 1 is 0.459 bits per heavy atom. The summed E-state index contributed by atoms with van der Waals surface area (Å²) in [5, 5.41) is 0. The van der Waals surface area contributed by atoms with E-state index < -0.39 is 5.41 Å². The second kappa shape index (κ2) is 17.1. The summed E-state index contributed by atoms with van der Waals surface area (Å²) in [6.07, 6.45) is 4.53. The smallest absolute Gasteiger partial charge is 0.167 e. The molecule has 8 bridgehead atoms. The fourth-order valence-corrected chi connectivity index (χ4v) is 9.06. The van der Waals surface area contributed by atoms with Crippen LogP contribution in [0.4, 0.5) is 0 Å². The minimum atomic E-state index is -0.711. The summed E-state index contributed by atoms with van der Waals surface area (Å²) in [6.45, 7) is 37.6. The molecule has 2 aliphatic carbocycles. The van der Waals surface area contributed by atoms with Gasteiger partial charge in [0.2, 0.25) is 0 Å². The lowest BCUT2D eigenvalue weighted by molar-refractivity contribution is -0.118. The lowest BCUT2D eigenvalue weighted by Gasteiger charge is -2.39. The molecule has 0 saturated heterocycles. The second-order valence-corrected chi connectivity index (χ2v) is 22.1. The fourth-order valence-electron chi connectivity index (χ4n) is 9.06. The van der Waals surface area contributed by atoms with Crippen LogP contribution in [0.5, 0.6) is 23.0 Å². The zero-order chi connectivity index (χ0) is 44.9. The predicted octanol–water partition coefficient (Wildman–Crippen LogP) is 13.6. The van der Waals surface area contributed by atoms with Crippen LogP contribution >= 0.6 is 0 Å². The Bertz CT molecular complexity index is 2160. The summed E-state index contributed by atoms with van der Waals surface area (Å²) >= 11 is 0. The van der Waals surface area contributed by atoms with Crippen LogP contribution in [0.1, 0.15) is 197 Å². The minimum absolute atomic E-state index is 0.00314. The summed E-state index contributed by atoms with van der Waals surface area (Å²) in [5.74, 6) is 3.60. The molecule has 5 heteroatoms. The highest BCUT2D eigenvalue weighted by Gasteiger charge is 2.51. The first-order valence-corrected chi connectivity index (χ1v) is 23.1. The van der Waals surface area contributed by atoms with Crippen molar-refractivity contribution in [2.75, 3.05) is 26.4 Å². The molecule has 6 rings (SSSR count). The van der Waals surface area contributed by atoms with Crippen molar-refractivity contribution in [3.8, 4) is 23.0 Å². The van der Waals surface area contributed by atoms with Crippen molar-refractivity contribution < 1.29 is 23.7 Å². The van der Waals surface area contributed by atoms with Crippen LogP contribution in [0.25, 0.3) is 0 Å². The van der Waals surface area contributed by atoms with E-state index in [1.165, 1.54) is 33.4 Å².